The smallest absolute Gasteiger partial charge is 0.366 e. The molecule has 0 spiro atoms. The third-order valence-electron chi connectivity index (χ3n) is 5.17. The molecule has 152 valence electrons. The van der Waals surface area contributed by atoms with E-state index < -0.39 is 17.6 Å². The number of aromatic nitrogens is 1. The van der Waals surface area contributed by atoms with Gasteiger partial charge in [-0.15, -0.1) is 0 Å². The van der Waals surface area contributed by atoms with Gasteiger partial charge in [-0.05, 0) is 40.1 Å². The van der Waals surface area contributed by atoms with Gasteiger partial charge >= 0.3 is 6.18 Å². The molecule has 0 bridgehead atoms. The predicted molar refractivity (Wildman–Crippen MR) is 105 cm³/mol. The van der Waals surface area contributed by atoms with E-state index in [1.165, 1.54) is 11.1 Å². The molecule has 2 amide bonds. The van der Waals surface area contributed by atoms with Crippen LogP contribution >= 0.6 is 0 Å². The minimum absolute atomic E-state index is 0.00907. The summed E-state index contributed by atoms with van der Waals surface area (Å²) in [6.45, 7) is 3.78. The molecular formula is C22H16F3N3O2. The normalized spacial score (nSPS) is 13.6. The van der Waals surface area contributed by atoms with Gasteiger partial charge in [-0.1, -0.05) is 24.8 Å². The molecule has 0 radical (unpaired) electrons. The van der Waals surface area contributed by atoms with Crippen molar-refractivity contribution in [2.75, 3.05) is 6.54 Å². The van der Waals surface area contributed by atoms with E-state index in [0.29, 0.717) is 22.1 Å². The Morgan fingerprint density at radius 1 is 1.17 bits per heavy atom. The summed E-state index contributed by atoms with van der Waals surface area (Å²) < 4.78 is 40.3. The first-order chi connectivity index (χ1) is 14.2. The monoisotopic (exact) mass is 411 g/mol. The standard InChI is InChI=1S/C22H16F3N3O2/c1-12(20(26)29)10-28-11-18-15(21(28)30)5-4-13-2-3-14(8-16(13)18)17-9-27-7-6-19(17)22(23,24)25/h2-9H,1,10-11H2,(H2,26,29). The molecule has 8 heteroatoms. The van der Waals surface area contributed by atoms with Crippen LogP contribution in [0.2, 0.25) is 0 Å². The Bertz CT molecular complexity index is 1220. The van der Waals surface area contributed by atoms with E-state index in [4.69, 9.17) is 5.73 Å². The van der Waals surface area contributed by atoms with Gasteiger partial charge in [-0.2, -0.15) is 13.2 Å². The highest BCUT2D eigenvalue weighted by Gasteiger charge is 2.34. The zero-order chi connectivity index (χ0) is 21.6. The van der Waals surface area contributed by atoms with Crippen LogP contribution in [0.15, 0.2) is 60.9 Å². The number of pyridine rings is 1. The fraction of sp³-hybridized carbons (Fsp3) is 0.136. The molecule has 0 unspecified atom stereocenters. The number of primary amides is 1. The van der Waals surface area contributed by atoms with Gasteiger partial charge in [0.1, 0.15) is 0 Å². The molecule has 0 atom stereocenters. The molecule has 1 aromatic heterocycles. The molecule has 1 aliphatic rings. The third-order valence-corrected chi connectivity index (χ3v) is 5.17. The van der Waals surface area contributed by atoms with Crippen molar-refractivity contribution in [1.29, 1.82) is 0 Å². The summed E-state index contributed by atoms with van der Waals surface area (Å²) in [4.78, 5) is 29.3. The van der Waals surface area contributed by atoms with Crippen LogP contribution in [0.25, 0.3) is 21.9 Å². The predicted octanol–water partition coefficient (Wildman–Crippen LogP) is 3.92. The Morgan fingerprint density at radius 3 is 2.60 bits per heavy atom. The van der Waals surface area contributed by atoms with Gasteiger partial charge in [0, 0.05) is 35.6 Å². The van der Waals surface area contributed by atoms with E-state index in [-0.39, 0.29) is 30.1 Å². The highest BCUT2D eigenvalue weighted by Crippen LogP contribution is 2.38. The SMILES string of the molecule is C=C(CN1Cc2c(ccc3ccc(-c4cnccc4C(F)(F)F)cc23)C1=O)C(N)=O. The van der Waals surface area contributed by atoms with E-state index in [2.05, 4.69) is 11.6 Å². The number of fused-ring (bicyclic) bond motifs is 3. The highest BCUT2D eigenvalue weighted by atomic mass is 19.4. The van der Waals surface area contributed by atoms with Crippen LogP contribution in [0, 0.1) is 0 Å². The largest absolute Gasteiger partial charge is 0.417 e. The molecule has 4 rings (SSSR count). The van der Waals surface area contributed by atoms with Crippen LogP contribution < -0.4 is 5.73 Å². The lowest BCUT2D eigenvalue weighted by atomic mass is 9.95. The number of hydrogen-bond donors (Lipinski definition) is 1. The van der Waals surface area contributed by atoms with Crippen molar-refractivity contribution >= 4 is 22.6 Å². The van der Waals surface area contributed by atoms with Crippen LogP contribution in [0.1, 0.15) is 21.5 Å². The molecule has 0 aliphatic carbocycles. The van der Waals surface area contributed by atoms with Crippen molar-refractivity contribution in [2.24, 2.45) is 5.73 Å². The maximum absolute atomic E-state index is 13.4. The lowest BCUT2D eigenvalue weighted by Crippen LogP contribution is -2.30. The summed E-state index contributed by atoms with van der Waals surface area (Å²) in [5.74, 6) is -0.973. The fourth-order valence-corrected chi connectivity index (χ4v) is 3.66. The summed E-state index contributed by atoms with van der Waals surface area (Å²) in [7, 11) is 0. The molecule has 0 saturated heterocycles. The van der Waals surface area contributed by atoms with Gasteiger partial charge in [0.05, 0.1) is 12.1 Å². The Balaban J connectivity index is 1.81. The zero-order valence-electron chi connectivity index (χ0n) is 15.7. The molecule has 0 saturated carbocycles. The number of amides is 2. The van der Waals surface area contributed by atoms with E-state index in [0.717, 1.165) is 17.6 Å². The average molecular weight is 411 g/mol. The van der Waals surface area contributed by atoms with Crippen LogP contribution in [0.5, 0.6) is 0 Å². The van der Waals surface area contributed by atoms with Crippen molar-refractivity contribution in [3.63, 3.8) is 0 Å². The second kappa shape index (κ2) is 6.98. The number of halogens is 3. The Morgan fingerprint density at radius 2 is 1.90 bits per heavy atom. The third kappa shape index (κ3) is 3.30. The number of rotatable bonds is 4. The van der Waals surface area contributed by atoms with Gasteiger partial charge in [0.15, 0.2) is 0 Å². The minimum atomic E-state index is -4.52. The second-order valence-electron chi connectivity index (χ2n) is 7.08. The number of alkyl halides is 3. The van der Waals surface area contributed by atoms with E-state index in [1.54, 1.807) is 30.3 Å². The Labute approximate surface area is 169 Å². The van der Waals surface area contributed by atoms with Crippen molar-refractivity contribution in [2.45, 2.75) is 12.7 Å². The van der Waals surface area contributed by atoms with Crippen molar-refractivity contribution in [1.82, 2.24) is 9.88 Å². The second-order valence-corrected chi connectivity index (χ2v) is 7.08. The van der Waals surface area contributed by atoms with Gasteiger partial charge in [-0.25, -0.2) is 0 Å². The summed E-state index contributed by atoms with van der Waals surface area (Å²) in [5, 5.41) is 1.46. The maximum atomic E-state index is 13.4. The van der Waals surface area contributed by atoms with Gasteiger partial charge in [0.25, 0.3) is 5.91 Å². The highest BCUT2D eigenvalue weighted by molar-refractivity contribution is 6.05. The van der Waals surface area contributed by atoms with Gasteiger partial charge in [0.2, 0.25) is 5.91 Å². The number of nitrogens with two attached hydrogens (primary N) is 1. The van der Waals surface area contributed by atoms with Gasteiger partial charge in [-0.3, -0.25) is 14.6 Å². The molecule has 0 fully saturated rings. The topological polar surface area (TPSA) is 76.3 Å². The van der Waals surface area contributed by atoms with E-state index in [9.17, 15) is 22.8 Å². The summed E-state index contributed by atoms with van der Waals surface area (Å²) in [6, 6.07) is 9.32. The summed E-state index contributed by atoms with van der Waals surface area (Å²) in [6.07, 6.45) is -2.23. The zero-order valence-corrected chi connectivity index (χ0v) is 15.7. The summed E-state index contributed by atoms with van der Waals surface area (Å²) >= 11 is 0. The number of benzene rings is 2. The first kappa shape index (κ1) is 19.6. The van der Waals surface area contributed by atoms with Gasteiger partial charge < -0.3 is 10.6 Å². The molecule has 2 N–H and O–H groups in total. The summed E-state index contributed by atoms with van der Waals surface area (Å²) in [5.41, 5.74) is 5.99. The van der Waals surface area contributed by atoms with E-state index in [1.807, 2.05) is 0 Å². The van der Waals surface area contributed by atoms with Crippen molar-refractivity contribution < 1.29 is 22.8 Å². The minimum Gasteiger partial charge on any atom is -0.366 e. The molecule has 2 heterocycles. The number of carbonyl (C=O) groups excluding carboxylic acids is 2. The quantitative estimate of drug-likeness (QED) is 0.662. The molecule has 1 aliphatic heterocycles. The van der Waals surface area contributed by atoms with Crippen LogP contribution in [-0.4, -0.2) is 28.2 Å². The Hall–Kier alpha value is -3.68. The van der Waals surface area contributed by atoms with Crippen molar-refractivity contribution in [3.05, 3.63) is 77.6 Å². The molecule has 2 aromatic carbocycles. The average Bonchev–Trinajstić information content (AvgIpc) is 3.03. The lowest BCUT2D eigenvalue weighted by molar-refractivity contribution is -0.137. The maximum Gasteiger partial charge on any atom is 0.417 e. The van der Waals surface area contributed by atoms with E-state index >= 15 is 0 Å². The first-order valence-electron chi connectivity index (χ1n) is 9.01. The van der Waals surface area contributed by atoms with Crippen LogP contribution in [0.4, 0.5) is 13.2 Å². The number of hydrogen-bond acceptors (Lipinski definition) is 3. The molecule has 3 aromatic rings. The number of carbonyl (C=O) groups is 2. The van der Waals surface area contributed by atoms with Crippen LogP contribution in [-0.2, 0) is 17.5 Å². The number of nitrogens with zero attached hydrogens (tertiary/aromatic N) is 2. The van der Waals surface area contributed by atoms with Crippen molar-refractivity contribution in [3.8, 4) is 11.1 Å². The lowest BCUT2D eigenvalue weighted by Gasteiger charge is -2.15. The fourth-order valence-electron chi connectivity index (χ4n) is 3.66. The Kier molecular flexibility index (Phi) is 4.57. The molecular weight excluding hydrogens is 395 g/mol. The van der Waals surface area contributed by atoms with Crippen LogP contribution in [0.3, 0.4) is 0 Å². The molecule has 5 nitrogen and oxygen atoms in total. The molecule has 30 heavy (non-hydrogen) atoms. The first-order valence-corrected chi connectivity index (χ1v) is 9.01.